The molecule has 0 saturated heterocycles. The van der Waals surface area contributed by atoms with Gasteiger partial charge in [0, 0.05) is 24.7 Å². The molecule has 2 rings (SSSR count). The molecular formula is C24H31N3O4. The monoisotopic (exact) mass is 425 g/mol. The number of anilines is 1. The second-order valence-electron chi connectivity index (χ2n) is 7.54. The van der Waals surface area contributed by atoms with E-state index < -0.39 is 5.92 Å². The van der Waals surface area contributed by atoms with E-state index in [1.807, 2.05) is 56.3 Å². The number of esters is 1. The lowest BCUT2D eigenvalue weighted by Gasteiger charge is -2.17. The van der Waals surface area contributed by atoms with Gasteiger partial charge < -0.3 is 20.7 Å². The summed E-state index contributed by atoms with van der Waals surface area (Å²) in [5.41, 5.74) is 2.61. The van der Waals surface area contributed by atoms with Crippen LogP contribution in [0.2, 0.25) is 0 Å². The molecule has 0 fully saturated rings. The number of rotatable bonds is 10. The molecule has 0 spiro atoms. The molecule has 1 atom stereocenters. The summed E-state index contributed by atoms with van der Waals surface area (Å²) in [5, 5.41) is 8.36. The molecule has 166 valence electrons. The fraction of sp³-hybridized carbons (Fsp3) is 0.375. The molecule has 2 aromatic carbocycles. The van der Waals surface area contributed by atoms with Gasteiger partial charge in [-0.25, -0.2) is 4.79 Å². The number of ether oxygens (including phenoxy) is 1. The molecule has 0 unspecified atom stereocenters. The van der Waals surface area contributed by atoms with Crippen LogP contribution in [0.5, 0.6) is 0 Å². The van der Waals surface area contributed by atoms with E-state index in [0.717, 1.165) is 11.1 Å². The van der Waals surface area contributed by atoms with Crippen LogP contribution in [0.1, 0.15) is 31.9 Å². The van der Waals surface area contributed by atoms with Crippen molar-refractivity contribution in [2.75, 3.05) is 18.5 Å². The molecule has 7 heteroatoms. The van der Waals surface area contributed by atoms with Crippen LogP contribution in [0.3, 0.4) is 0 Å². The molecule has 0 saturated carbocycles. The highest BCUT2D eigenvalue weighted by atomic mass is 16.5. The van der Waals surface area contributed by atoms with Gasteiger partial charge in [0.05, 0.1) is 12.5 Å². The Morgan fingerprint density at radius 3 is 2.19 bits per heavy atom. The summed E-state index contributed by atoms with van der Waals surface area (Å²) in [6, 6.07) is 16.5. The average molecular weight is 426 g/mol. The lowest BCUT2D eigenvalue weighted by molar-refractivity contribution is -0.147. The van der Waals surface area contributed by atoms with Crippen LogP contribution in [0.25, 0.3) is 0 Å². The maximum Gasteiger partial charge on any atom is 0.315 e. The zero-order valence-electron chi connectivity index (χ0n) is 18.3. The van der Waals surface area contributed by atoms with Gasteiger partial charge in [0.25, 0.3) is 0 Å². The Hall–Kier alpha value is -3.35. The molecule has 0 aliphatic heterocycles. The zero-order chi connectivity index (χ0) is 22.6. The van der Waals surface area contributed by atoms with E-state index in [4.69, 9.17) is 4.74 Å². The summed E-state index contributed by atoms with van der Waals surface area (Å²) in [6.07, 6.45) is 0.490. The first-order valence-corrected chi connectivity index (χ1v) is 10.5. The molecule has 0 bridgehead atoms. The normalized spacial score (nSPS) is 11.5. The predicted octanol–water partition coefficient (Wildman–Crippen LogP) is 3.50. The van der Waals surface area contributed by atoms with Crippen LogP contribution in [-0.4, -0.2) is 31.1 Å². The lowest BCUT2D eigenvalue weighted by atomic mass is 9.99. The summed E-state index contributed by atoms with van der Waals surface area (Å²) < 4.78 is 5.15. The van der Waals surface area contributed by atoms with Gasteiger partial charge in [0.2, 0.25) is 5.91 Å². The highest BCUT2D eigenvalue weighted by molar-refractivity contribution is 5.92. The third-order valence-electron chi connectivity index (χ3n) is 4.65. The largest absolute Gasteiger partial charge is 0.466 e. The smallest absolute Gasteiger partial charge is 0.315 e. The lowest BCUT2D eigenvalue weighted by Crippen LogP contribution is -2.40. The number of carbonyl (C=O) groups is 3. The van der Waals surface area contributed by atoms with Gasteiger partial charge in [0.1, 0.15) is 0 Å². The summed E-state index contributed by atoms with van der Waals surface area (Å²) in [7, 11) is 0. The molecule has 0 aliphatic rings. The van der Waals surface area contributed by atoms with Crippen LogP contribution < -0.4 is 16.0 Å². The molecule has 2 aromatic rings. The maximum atomic E-state index is 12.3. The Labute approximate surface area is 183 Å². The second kappa shape index (κ2) is 12.4. The first-order chi connectivity index (χ1) is 14.9. The number of benzene rings is 2. The number of hydrogen-bond donors (Lipinski definition) is 3. The zero-order valence-corrected chi connectivity index (χ0v) is 18.3. The van der Waals surface area contributed by atoms with Crippen LogP contribution >= 0.6 is 0 Å². The van der Waals surface area contributed by atoms with E-state index in [1.165, 1.54) is 0 Å². The van der Waals surface area contributed by atoms with Gasteiger partial charge in [-0.05, 0) is 36.6 Å². The van der Waals surface area contributed by atoms with Crippen molar-refractivity contribution in [1.82, 2.24) is 10.6 Å². The number of urea groups is 1. The Morgan fingerprint density at radius 1 is 0.903 bits per heavy atom. The van der Waals surface area contributed by atoms with E-state index in [-0.39, 0.29) is 30.4 Å². The SMILES string of the molecule is CCOC(=O)[C@@H](CNC(=O)NCc1ccc(NC(=O)C(C)C)cc1)Cc1ccccc1. The van der Waals surface area contributed by atoms with E-state index in [2.05, 4.69) is 16.0 Å². The molecule has 0 aromatic heterocycles. The van der Waals surface area contributed by atoms with Crippen molar-refractivity contribution in [1.29, 1.82) is 0 Å². The number of carbonyl (C=O) groups excluding carboxylic acids is 3. The van der Waals surface area contributed by atoms with Crippen molar-refractivity contribution in [3.8, 4) is 0 Å². The molecule has 3 N–H and O–H groups in total. The highest BCUT2D eigenvalue weighted by Gasteiger charge is 2.21. The number of hydrogen-bond acceptors (Lipinski definition) is 4. The first-order valence-electron chi connectivity index (χ1n) is 10.5. The molecule has 31 heavy (non-hydrogen) atoms. The fourth-order valence-electron chi connectivity index (χ4n) is 2.85. The maximum absolute atomic E-state index is 12.3. The van der Waals surface area contributed by atoms with E-state index in [0.29, 0.717) is 25.3 Å². The van der Waals surface area contributed by atoms with Crippen molar-refractivity contribution >= 4 is 23.6 Å². The summed E-state index contributed by atoms with van der Waals surface area (Å²) in [6.45, 7) is 6.23. The number of nitrogens with one attached hydrogen (secondary N) is 3. The van der Waals surface area contributed by atoms with Crippen molar-refractivity contribution in [2.24, 2.45) is 11.8 Å². The summed E-state index contributed by atoms with van der Waals surface area (Å²) in [5.74, 6) is -0.926. The van der Waals surface area contributed by atoms with Crippen molar-refractivity contribution in [3.63, 3.8) is 0 Å². The predicted molar refractivity (Wildman–Crippen MR) is 120 cm³/mol. The second-order valence-corrected chi connectivity index (χ2v) is 7.54. The minimum Gasteiger partial charge on any atom is -0.466 e. The molecule has 0 radical (unpaired) electrons. The standard InChI is InChI=1S/C24H31N3O4/c1-4-31-23(29)20(14-18-8-6-5-7-9-18)16-26-24(30)25-15-19-10-12-21(13-11-19)27-22(28)17(2)3/h5-13,17,20H,4,14-16H2,1-3H3,(H,27,28)(H2,25,26,30)/t20-/m1/s1. The Morgan fingerprint density at radius 2 is 1.58 bits per heavy atom. The third kappa shape index (κ3) is 8.50. The Balaban J connectivity index is 1.83. The molecule has 3 amide bonds. The Bertz CT molecular complexity index is 851. The minimum atomic E-state index is -0.461. The van der Waals surface area contributed by atoms with Gasteiger partial charge in [-0.2, -0.15) is 0 Å². The van der Waals surface area contributed by atoms with E-state index >= 15 is 0 Å². The minimum absolute atomic E-state index is 0.0445. The van der Waals surface area contributed by atoms with Gasteiger partial charge in [-0.3, -0.25) is 9.59 Å². The molecule has 7 nitrogen and oxygen atoms in total. The van der Waals surface area contributed by atoms with Crippen molar-refractivity contribution in [2.45, 2.75) is 33.7 Å². The van der Waals surface area contributed by atoms with Crippen molar-refractivity contribution in [3.05, 3.63) is 65.7 Å². The fourth-order valence-corrected chi connectivity index (χ4v) is 2.85. The Kier molecular flexibility index (Phi) is 9.55. The van der Waals surface area contributed by atoms with Gasteiger partial charge >= 0.3 is 12.0 Å². The van der Waals surface area contributed by atoms with E-state index in [9.17, 15) is 14.4 Å². The average Bonchev–Trinajstić information content (AvgIpc) is 2.76. The van der Waals surface area contributed by atoms with Crippen LogP contribution in [0.15, 0.2) is 54.6 Å². The topological polar surface area (TPSA) is 96.5 Å². The molecule has 0 aliphatic carbocycles. The van der Waals surface area contributed by atoms with Gasteiger partial charge in [0.15, 0.2) is 0 Å². The third-order valence-corrected chi connectivity index (χ3v) is 4.65. The molecule has 0 heterocycles. The summed E-state index contributed by atoms with van der Waals surface area (Å²) in [4.78, 5) is 36.2. The van der Waals surface area contributed by atoms with Crippen LogP contribution in [0.4, 0.5) is 10.5 Å². The van der Waals surface area contributed by atoms with Crippen molar-refractivity contribution < 1.29 is 19.1 Å². The van der Waals surface area contributed by atoms with Crippen LogP contribution in [-0.2, 0) is 27.3 Å². The number of amides is 3. The highest BCUT2D eigenvalue weighted by Crippen LogP contribution is 2.12. The molecular weight excluding hydrogens is 394 g/mol. The quantitative estimate of drug-likeness (QED) is 0.508. The summed E-state index contributed by atoms with van der Waals surface area (Å²) >= 11 is 0. The van der Waals surface area contributed by atoms with Gasteiger partial charge in [-0.1, -0.05) is 56.3 Å². The van der Waals surface area contributed by atoms with Gasteiger partial charge in [-0.15, -0.1) is 0 Å². The van der Waals surface area contributed by atoms with E-state index in [1.54, 1.807) is 19.1 Å². The van der Waals surface area contributed by atoms with Crippen LogP contribution in [0, 0.1) is 11.8 Å². The first kappa shape index (κ1) is 23.9.